The third kappa shape index (κ3) is 5.90. The molecule has 2 aromatic rings. The van der Waals surface area contributed by atoms with E-state index < -0.39 is 63.5 Å². The summed E-state index contributed by atoms with van der Waals surface area (Å²) >= 11 is 0. The van der Waals surface area contributed by atoms with Gasteiger partial charge >= 0.3 is 20.9 Å². The Hall–Kier alpha value is -1.92. The Bertz CT molecular complexity index is 1160. The molecule has 15 heteroatoms. The number of benzene rings is 1. The third-order valence-electron chi connectivity index (χ3n) is 4.69. The van der Waals surface area contributed by atoms with Crippen molar-refractivity contribution in [2.75, 3.05) is 12.5 Å². The predicted molar refractivity (Wildman–Crippen MR) is 109 cm³/mol. The number of hydrogen-bond donors (Lipinski definition) is 5. The molecule has 1 aliphatic heterocycles. The molecule has 1 aliphatic rings. The van der Waals surface area contributed by atoms with Crippen LogP contribution in [0.1, 0.15) is 11.8 Å². The summed E-state index contributed by atoms with van der Waals surface area (Å²) in [6.45, 7) is -0.839. The van der Waals surface area contributed by atoms with Gasteiger partial charge in [0.25, 0.3) is 5.56 Å². The number of hydrogen-bond acceptors (Lipinski definition) is 8. The minimum atomic E-state index is -4.85. The van der Waals surface area contributed by atoms with Crippen molar-refractivity contribution in [3.05, 3.63) is 69.0 Å². The Balaban J connectivity index is 1.79. The van der Waals surface area contributed by atoms with Crippen LogP contribution in [0.5, 0.6) is 0 Å². The normalized spacial score (nSPS) is 25.5. The van der Waals surface area contributed by atoms with Crippen LogP contribution in [-0.2, 0) is 24.9 Å². The van der Waals surface area contributed by atoms with Gasteiger partial charge in [-0.3, -0.25) is 23.1 Å². The minimum Gasteiger partial charge on any atom is -0.387 e. The molecule has 2 heterocycles. The first kappa shape index (κ1) is 24.7. The van der Waals surface area contributed by atoms with E-state index in [0.717, 1.165) is 21.4 Å². The molecule has 0 amide bonds. The number of rotatable bonds is 8. The molecule has 1 unspecified atom stereocenters. The maximum Gasteiger partial charge on any atom is 0.340 e. The van der Waals surface area contributed by atoms with Crippen LogP contribution in [0.4, 0.5) is 0 Å². The van der Waals surface area contributed by atoms with Gasteiger partial charge in [-0.05, 0) is 5.56 Å². The second-order valence-electron chi connectivity index (χ2n) is 7.20. The molecule has 5 N–H and O–H groups in total. The quantitative estimate of drug-likeness (QED) is 0.284. The molecule has 0 radical (unpaired) electrons. The van der Waals surface area contributed by atoms with Crippen LogP contribution in [0.3, 0.4) is 0 Å². The number of aliphatic hydroxyl groups excluding tert-OH is 2. The van der Waals surface area contributed by atoms with Gasteiger partial charge in [0.15, 0.2) is 12.1 Å². The molecule has 32 heavy (non-hydrogen) atoms. The summed E-state index contributed by atoms with van der Waals surface area (Å²) in [6.07, 6.45) is -5.08. The highest BCUT2D eigenvalue weighted by molar-refractivity contribution is 7.70. The Morgan fingerprint density at radius 3 is 2.28 bits per heavy atom. The molecule has 1 saturated heterocycles. The van der Waals surface area contributed by atoms with Gasteiger partial charge < -0.3 is 34.2 Å². The average Bonchev–Trinajstić information content (AvgIpc) is 2.97. The lowest BCUT2D eigenvalue weighted by Crippen LogP contribution is -2.43. The van der Waals surface area contributed by atoms with E-state index in [-0.39, 0.29) is 6.54 Å². The van der Waals surface area contributed by atoms with E-state index in [1.165, 1.54) is 0 Å². The molecule has 1 fully saturated rings. The molecule has 5 atom stereocenters. The van der Waals surface area contributed by atoms with Gasteiger partial charge in [0.05, 0.1) is 13.2 Å². The molecule has 3 rings (SSSR count). The van der Waals surface area contributed by atoms with Crippen molar-refractivity contribution < 1.29 is 43.3 Å². The maximum atomic E-state index is 12.9. The first-order chi connectivity index (χ1) is 14.9. The lowest BCUT2D eigenvalue weighted by molar-refractivity contribution is -0.0530. The maximum absolute atomic E-state index is 12.9. The first-order valence-electron chi connectivity index (χ1n) is 9.26. The van der Waals surface area contributed by atoms with E-state index in [9.17, 15) is 33.8 Å². The summed E-state index contributed by atoms with van der Waals surface area (Å²) in [7, 11) is -9.57. The van der Waals surface area contributed by atoms with E-state index in [1.807, 2.05) is 0 Å². The van der Waals surface area contributed by atoms with Crippen molar-refractivity contribution in [2.24, 2.45) is 0 Å². The van der Waals surface area contributed by atoms with Crippen LogP contribution >= 0.6 is 15.2 Å². The van der Waals surface area contributed by atoms with Gasteiger partial charge in [0, 0.05) is 12.3 Å². The van der Waals surface area contributed by atoms with E-state index in [0.29, 0.717) is 5.56 Å². The highest BCUT2D eigenvalue weighted by Crippen LogP contribution is 2.55. The standard InChI is InChI=1S/C17H22N2O11P2/c20-13-6-7-18(17(23)19(13)8-11-4-2-1-3-5-11)16-15(22)14(21)12(30-16)9-29-32(27,28)10-31(24,25)26/h1-7,12,14-16,21-22H,8-10H2,(H,27,28)(H2,24,25,26)/t12-,14-,15-,16-/m1/s1. The average molecular weight is 492 g/mol. The molecule has 1 aromatic heterocycles. The van der Waals surface area contributed by atoms with Gasteiger partial charge in [-0.25, -0.2) is 4.79 Å². The smallest absolute Gasteiger partial charge is 0.340 e. The monoisotopic (exact) mass is 492 g/mol. The zero-order valence-electron chi connectivity index (χ0n) is 16.4. The van der Waals surface area contributed by atoms with Gasteiger partial charge in [0.1, 0.15) is 18.3 Å². The van der Waals surface area contributed by atoms with Crippen LogP contribution in [0.15, 0.2) is 52.2 Å². The highest BCUT2D eigenvalue weighted by atomic mass is 31.2. The Labute approximate surface area is 180 Å². The highest BCUT2D eigenvalue weighted by Gasteiger charge is 2.45. The number of ether oxygens (including phenoxy) is 1. The zero-order valence-corrected chi connectivity index (χ0v) is 18.2. The minimum absolute atomic E-state index is 0.0483. The van der Waals surface area contributed by atoms with Gasteiger partial charge in [-0.15, -0.1) is 0 Å². The first-order valence-corrected chi connectivity index (χ1v) is 12.8. The zero-order chi connectivity index (χ0) is 23.7. The summed E-state index contributed by atoms with van der Waals surface area (Å²) < 4.78 is 34.5. The van der Waals surface area contributed by atoms with Gasteiger partial charge in [-0.1, -0.05) is 30.3 Å². The fraction of sp³-hybridized carbons (Fsp3) is 0.412. The predicted octanol–water partition coefficient (Wildman–Crippen LogP) is -0.985. The summed E-state index contributed by atoms with van der Waals surface area (Å²) in [5.74, 6) is -1.43. The van der Waals surface area contributed by atoms with Crippen molar-refractivity contribution in [3.63, 3.8) is 0 Å². The van der Waals surface area contributed by atoms with Crippen LogP contribution in [0.25, 0.3) is 0 Å². The number of aliphatic hydroxyl groups is 2. The molecular formula is C17H22N2O11P2. The third-order valence-corrected chi connectivity index (χ3v) is 8.15. The number of nitrogens with zero attached hydrogens (tertiary/aromatic N) is 2. The molecular weight excluding hydrogens is 470 g/mol. The molecule has 1 aromatic carbocycles. The Morgan fingerprint density at radius 2 is 1.66 bits per heavy atom. The Kier molecular flexibility index (Phi) is 7.35. The summed E-state index contributed by atoms with van der Waals surface area (Å²) in [4.78, 5) is 52.3. The van der Waals surface area contributed by atoms with Crippen LogP contribution in [0, 0.1) is 0 Å². The number of aromatic nitrogens is 2. The largest absolute Gasteiger partial charge is 0.387 e. The van der Waals surface area contributed by atoms with Crippen LogP contribution in [0.2, 0.25) is 0 Å². The Morgan fingerprint density at radius 1 is 1.00 bits per heavy atom. The lowest BCUT2D eigenvalue weighted by Gasteiger charge is -2.19. The van der Waals surface area contributed by atoms with E-state index >= 15 is 0 Å². The lowest BCUT2D eigenvalue weighted by atomic mass is 10.1. The topological polar surface area (TPSA) is 198 Å². The van der Waals surface area contributed by atoms with E-state index in [4.69, 9.17) is 14.5 Å². The fourth-order valence-electron chi connectivity index (χ4n) is 3.20. The van der Waals surface area contributed by atoms with Crippen molar-refractivity contribution in [1.82, 2.24) is 9.13 Å². The van der Waals surface area contributed by atoms with Crippen LogP contribution in [-0.4, -0.2) is 64.8 Å². The molecule has 0 aliphatic carbocycles. The van der Waals surface area contributed by atoms with E-state index in [2.05, 4.69) is 4.52 Å². The molecule has 13 nitrogen and oxygen atoms in total. The molecule has 0 spiro atoms. The SMILES string of the molecule is O=c1ccn([C@@H]2O[C@H](COP(=O)(O)CP(=O)(O)O)[C@@H](O)[C@H]2O)c(=O)n1Cc1ccccc1. The fourth-order valence-corrected chi connectivity index (χ4v) is 5.77. The van der Waals surface area contributed by atoms with Crippen LogP contribution < -0.4 is 11.2 Å². The molecule has 0 saturated carbocycles. The van der Waals surface area contributed by atoms with Crippen molar-refractivity contribution in [1.29, 1.82) is 0 Å². The molecule has 176 valence electrons. The van der Waals surface area contributed by atoms with Crippen molar-refractivity contribution in [3.8, 4) is 0 Å². The van der Waals surface area contributed by atoms with Crippen molar-refractivity contribution >= 4 is 15.2 Å². The second-order valence-corrected chi connectivity index (χ2v) is 11.2. The van der Waals surface area contributed by atoms with Crippen molar-refractivity contribution in [2.45, 2.75) is 31.1 Å². The van der Waals surface area contributed by atoms with Gasteiger partial charge in [0.2, 0.25) is 0 Å². The second kappa shape index (κ2) is 9.52. The van der Waals surface area contributed by atoms with Gasteiger partial charge in [-0.2, -0.15) is 0 Å². The van der Waals surface area contributed by atoms with E-state index in [1.54, 1.807) is 30.3 Å². The molecule has 0 bridgehead atoms. The summed E-state index contributed by atoms with van der Waals surface area (Å²) in [5, 5.41) is 20.5. The summed E-state index contributed by atoms with van der Waals surface area (Å²) in [5.41, 5.74) is -0.748. The summed E-state index contributed by atoms with van der Waals surface area (Å²) in [6, 6.07) is 9.75.